The summed E-state index contributed by atoms with van der Waals surface area (Å²) in [7, 11) is 0. The maximum atomic E-state index is 5.67. The molecule has 0 bridgehead atoms. The highest BCUT2D eigenvalue weighted by molar-refractivity contribution is 5.45. The number of ether oxygens (including phenoxy) is 1. The first-order valence-corrected chi connectivity index (χ1v) is 7.96. The molecule has 0 fully saturated rings. The number of fused-ring (bicyclic) bond motifs is 1. The van der Waals surface area contributed by atoms with Gasteiger partial charge in [-0.1, -0.05) is 25.1 Å². The van der Waals surface area contributed by atoms with Crippen molar-refractivity contribution in [2.45, 2.75) is 26.7 Å². The predicted molar refractivity (Wildman–Crippen MR) is 90.0 cm³/mol. The van der Waals surface area contributed by atoms with Crippen LogP contribution in [-0.2, 0) is 12.8 Å². The van der Waals surface area contributed by atoms with Gasteiger partial charge in [-0.3, -0.25) is 0 Å². The number of rotatable bonds is 7. The molecule has 3 aromatic rings. The first-order valence-electron chi connectivity index (χ1n) is 7.96. The van der Waals surface area contributed by atoms with Gasteiger partial charge < -0.3 is 10.1 Å². The minimum Gasteiger partial charge on any atom is -0.494 e. The van der Waals surface area contributed by atoms with Crippen molar-refractivity contribution >= 4 is 11.6 Å². The minimum atomic E-state index is 0.626. The number of para-hydroxylation sites is 1. The number of nitrogens with zero attached hydrogens (tertiary/aromatic N) is 4. The molecule has 6 heteroatoms. The van der Waals surface area contributed by atoms with Crippen molar-refractivity contribution in [1.29, 1.82) is 0 Å². The molecule has 3 rings (SSSR count). The number of anilines is 1. The summed E-state index contributed by atoms with van der Waals surface area (Å²) < 4.78 is 7.40. The zero-order valence-electron chi connectivity index (χ0n) is 13.5. The molecular formula is C17H21N5O. The van der Waals surface area contributed by atoms with Crippen LogP contribution in [-0.4, -0.2) is 32.7 Å². The number of hydrogen-bond acceptors (Lipinski definition) is 5. The molecule has 0 unspecified atom stereocenters. The molecule has 2 aromatic heterocycles. The van der Waals surface area contributed by atoms with Crippen LogP contribution >= 0.6 is 0 Å². The zero-order chi connectivity index (χ0) is 16.1. The van der Waals surface area contributed by atoms with Crippen molar-refractivity contribution in [3.05, 3.63) is 47.9 Å². The average molecular weight is 311 g/mol. The Morgan fingerprint density at radius 2 is 2.09 bits per heavy atom. The quantitative estimate of drug-likeness (QED) is 0.727. The van der Waals surface area contributed by atoms with Crippen molar-refractivity contribution in [3.8, 4) is 5.75 Å². The van der Waals surface area contributed by atoms with Crippen molar-refractivity contribution in [1.82, 2.24) is 19.6 Å². The van der Waals surface area contributed by atoms with Gasteiger partial charge in [0.15, 0.2) is 0 Å². The third kappa shape index (κ3) is 3.41. The SMILES string of the molecule is CCOc1ccccc1CCNc1cc(CC)nc2ncnn12. The summed E-state index contributed by atoms with van der Waals surface area (Å²) in [5, 5.41) is 7.65. The van der Waals surface area contributed by atoms with Crippen molar-refractivity contribution in [3.63, 3.8) is 0 Å². The van der Waals surface area contributed by atoms with E-state index in [4.69, 9.17) is 4.74 Å². The van der Waals surface area contributed by atoms with Crippen LogP contribution < -0.4 is 10.1 Å². The zero-order valence-corrected chi connectivity index (χ0v) is 13.5. The molecule has 0 aliphatic carbocycles. The molecule has 0 aliphatic heterocycles. The van der Waals surface area contributed by atoms with Crippen molar-refractivity contribution in [2.75, 3.05) is 18.5 Å². The maximum absolute atomic E-state index is 5.67. The van der Waals surface area contributed by atoms with E-state index in [1.54, 1.807) is 4.52 Å². The lowest BCUT2D eigenvalue weighted by Gasteiger charge is -2.12. The smallest absolute Gasteiger partial charge is 0.254 e. The van der Waals surface area contributed by atoms with Gasteiger partial charge in [0.2, 0.25) is 0 Å². The summed E-state index contributed by atoms with van der Waals surface area (Å²) in [6.45, 7) is 5.54. The topological polar surface area (TPSA) is 64.3 Å². The van der Waals surface area contributed by atoms with Gasteiger partial charge in [-0.25, -0.2) is 4.98 Å². The highest BCUT2D eigenvalue weighted by atomic mass is 16.5. The standard InChI is InChI=1S/C17H21N5O/c1-3-14-11-16(22-17(21-14)19-12-20-22)18-10-9-13-7-5-6-8-15(13)23-4-2/h5-8,11-12,18H,3-4,9-10H2,1-2H3. The molecule has 120 valence electrons. The Balaban J connectivity index is 1.73. The van der Waals surface area contributed by atoms with Gasteiger partial charge in [-0.2, -0.15) is 14.6 Å². The van der Waals surface area contributed by atoms with Gasteiger partial charge in [0, 0.05) is 18.3 Å². The third-order valence-electron chi connectivity index (χ3n) is 3.64. The minimum absolute atomic E-state index is 0.626. The average Bonchev–Trinajstić information content (AvgIpc) is 3.05. The fourth-order valence-corrected chi connectivity index (χ4v) is 2.50. The number of benzene rings is 1. The molecule has 1 aromatic carbocycles. The molecule has 0 radical (unpaired) electrons. The van der Waals surface area contributed by atoms with E-state index in [9.17, 15) is 0 Å². The lowest BCUT2D eigenvalue weighted by molar-refractivity contribution is 0.336. The Labute approximate surface area is 135 Å². The third-order valence-corrected chi connectivity index (χ3v) is 3.64. The van der Waals surface area contributed by atoms with Gasteiger partial charge in [0.25, 0.3) is 5.78 Å². The number of hydrogen-bond donors (Lipinski definition) is 1. The van der Waals surface area contributed by atoms with Crippen LogP contribution in [0.15, 0.2) is 36.7 Å². The molecule has 0 saturated heterocycles. The molecular weight excluding hydrogens is 290 g/mol. The van der Waals surface area contributed by atoms with Crippen LogP contribution in [0.25, 0.3) is 5.78 Å². The summed E-state index contributed by atoms with van der Waals surface area (Å²) in [6, 6.07) is 10.2. The number of aryl methyl sites for hydroxylation is 1. The van der Waals surface area contributed by atoms with E-state index >= 15 is 0 Å². The summed E-state index contributed by atoms with van der Waals surface area (Å²) in [5.41, 5.74) is 2.20. The molecule has 6 nitrogen and oxygen atoms in total. The van der Waals surface area contributed by atoms with E-state index in [-0.39, 0.29) is 0 Å². The van der Waals surface area contributed by atoms with Crippen molar-refractivity contribution < 1.29 is 4.74 Å². The second-order valence-electron chi connectivity index (χ2n) is 5.18. The van der Waals surface area contributed by atoms with Gasteiger partial charge in [0.05, 0.1) is 6.61 Å². The Hall–Kier alpha value is -2.63. The fourth-order valence-electron chi connectivity index (χ4n) is 2.50. The molecule has 1 N–H and O–H groups in total. The number of nitrogens with one attached hydrogen (secondary N) is 1. The van der Waals surface area contributed by atoms with E-state index in [0.29, 0.717) is 12.4 Å². The van der Waals surface area contributed by atoms with Crippen LogP contribution in [0.2, 0.25) is 0 Å². The summed E-state index contributed by atoms with van der Waals surface area (Å²) in [5.74, 6) is 2.49. The van der Waals surface area contributed by atoms with Crippen LogP contribution in [0.4, 0.5) is 5.82 Å². The second kappa shape index (κ2) is 7.09. The highest BCUT2D eigenvalue weighted by Crippen LogP contribution is 2.19. The first kappa shape index (κ1) is 15.3. The Morgan fingerprint density at radius 1 is 1.22 bits per heavy atom. The maximum Gasteiger partial charge on any atom is 0.254 e. The summed E-state index contributed by atoms with van der Waals surface area (Å²) in [4.78, 5) is 8.62. The Kier molecular flexibility index (Phi) is 4.71. The molecule has 0 amide bonds. The normalized spacial score (nSPS) is 10.9. The van der Waals surface area contributed by atoms with Gasteiger partial charge in [0.1, 0.15) is 17.9 Å². The fraction of sp³-hybridized carbons (Fsp3) is 0.353. The van der Waals surface area contributed by atoms with Crippen LogP contribution in [0.5, 0.6) is 5.75 Å². The lowest BCUT2D eigenvalue weighted by Crippen LogP contribution is -2.11. The molecule has 0 spiro atoms. The van der Waals surface area contributed by atoms with E-state index < -0.39 is 0 Å². The summed E-state index contributed by atoms with van der Waals surface area (Å²) >= 11 is 0. The van der Waals surface area contributed by atoms with Crippen LogP contribution in [0.3, 0.4) is 0 Å². The van der Waals surface area contributed by atoms with E-state index in [2.05, 4.69) is 33.4 Å². The molecule has 0 aliphatic rings. The molecule has 23 heavy (non-hydrogen) atoms. The number of aromatic nitrogens is 4. The highest BCUT2D eigenvalue weighted by Gasteiger charge is 2.07. The Morgan fingerprint density at radius 3 is 2.91 bits per heavy atom. The lowest BCUT2D eigenvalue weighted by atomic mass is 10.1. The molecule has 0 atom stereocenters. The second-order valence-corrected chi connectivity index (χ2v) is 5.18. The molecule has 2 heterocycles. The van der Waals surface area contributed by atoms with E-state index in [1.165, 1.54) is 11.9 Å². The molecule has 0 saturated carbocycles. The van der Waals surface area contributed by atoms with Gasteiger partial charge in [-0.15, -0.1) is 0 Å². The first-order chi connectivity index (χ1) is 11.3. The van der Waals surface area contributed by atoms with Gasteiger partial charge in [-0.05, 0) is 31.4 Å². The van der Waals surface area contributed by atoms with Gasteiger partial charge >= 0.3 is 0 Å². The van der Waals surface area contributed by atoms with E-state index in [1.807, 2.05) is 31.2 Å². The predicted octanol–water partition coefficient (Wildman–Crippen LogP) is 2.74. The Bertz CT molecular complexity index is 784. The van der Waals surface area contributed by atoms with Crippen molar-refractivity contribution in [2.24, 2.45) is 0 Å². The largest absolute Gasteiger partial charge is 0.494 e. The van der Waals surface area contributed by atoms with Crippen LogP contribution in [0, 0.1) is 0 Å². The summed E-state index contributed by atoms with van der Waals surface area (Å²) in [6.07, 6.45) is 3.26. The van der Waals surface area contributed by atoms with E-state index in [0.717, 1.165) is 36.6 Å². The van der Waals surface area contributed by atoms with Crippen LogP contribution in [0.1, 0.15) is 25.1 Å². The monoisotopic (exact) mass is 311 g/mol.